The van der Waals surface area contributed by atoms with Gasteiger partial charge in [0.2, 0.25) is 12.6 Å². The quantitative estimate of drug-likeness (QED) is 0.477. The van der Waals surface area contributed by atoms with Gasteiger partial charge < -0.3 is 18.9 Å². The fourth-order valence-corrected chi connectivity index (χ4v) is 1.08. The molecule has 16 heavy (non-hydrogen) atoms. The van der Waals surface area contributed by atoms with E-state index in [9.17, 15) is 4.79 Å². The SMILES string of the molecule is CCOC(CC)OC(=O)OC(CC)OCC. The van der Waals surface area contributed by atoms with E-state index in [-0.39, 0.29) is 0 Å². The van der Waals surface area contributed by atoms with E-state index in [1.807, 2.05) is 27.7 Å². The van der Waals surface area contributed by atoms with Crippen LogP contribution < -0.4 is 0 Å². The first kappa shape index (κ1) is 15.2. The van der Waals surface area contributed by atoms with Gasteiger partial charge in [0.1, 0.15) is 0 Å². The Morgan fingerprint density at radius 1 is 0.875 bits per heavy atom. The number of carbonyl (C=O) groups is 1. The molecule has 2 atom stereocenters. The lowest BCUT2D eigenvalue weighted by molar-refractivity contribution is -0.161. The first-order valence-electron chi connectivity index (χ1n) is 5.78. The maximum Gasteiger partial charge on any atom is 0.512 e. The topological polar surface area (TPSA) is 54.0 Å². The monoisotopic (exact) mass is 234 g/mol. The van der Waals surface area contributed by atoms with Crippen molar-refractivity contribution in [3.63, 3.8) is 0 Å². The summed E-state index contributed by atoms with van der Waals surface area (Å²) in [5, 5.41) is 0. The maximum atomic E-state index is 11.3. The molecule has 5 nitrogen and oxygen atoms in total. The average Bonchev–Trinajstić information content (AvgIpc) is 2.27. The smallest absolute Gasteiger partial charge is 0.404 e. The van der Waals surface area contributed by atoms with Gasteiger partial charge in [0.05, 0.1) is 0 Å². The highest BCUT2D eigenvalue weighted by atomic mass is 16.8. The molecule has 0 aromatic rings. The third kappa shape index (κ3) is 6.63. The zero-order chi connectivity index (χ0) is 12.4. The molecule has 0 radical (unpaired) electrons. The van der Waals surface area contributed by atoms with Crippen molar-refractivity contribution in [1.82, 2.24) is 0 Å². The maximum absolute atomic E-state index is 11.3. The molecule has 0 rings (SSSR count). The minimum absolute atomic E-state index is 0.494. The van der Waals surface area contributed by atoms with Crippen LogP contribution in [0.3, 0.4) is 0 Å². The van der Waals surface area contributed by atoms with Crippen molar-refractivity contribution >= 4 is 6.16 Å². The highest BCUT2D eigenvalue weighted by Gasteiger charge is 2.17. The van der Waals surface area contributed by atoms with Gasteiger partial charge in [-0.15, -0.1) is 0 Å². The first-order valence-corrected chi connectivity index (χ1v) is 5.78. The van der Waals surface area contributed by atoms with E-state index < -0.39 is 18.7 Å². The molecule has 0 saturated carbocycles. The summed E-state index contributed by atoms with van der Waals surface area (Å²) < 4.78 is 20.3. The Hall–Kier alpha value is -0.810. The molecule has 0 N–H and O–H groups in total. The summed E-state index contributed by atoms with van der Waals surface area (Å²) >= 11 is 0. The Balaban J connectivity index is 3.93. The third-order valence-corrected chi connectivity index (χ3v) is 1.83. The van der Waals surface area contributed by atoms with Crippen molar-refractivity contribution in [2.75, 3.05) is 13.2 Å². The molecule has 96 valence electrons. The lowest BCUT2D eigenvalue weighted by atomic mass is 10.5. The zero-order valence-electron chi connectivity index (χ0n) is 10.5. The molecule has 0 saturated heterocycles. The van der Waals surface area contributed by atoms with Gasteiger partial charge in [-0.2, -0.15) is 0 Å². The molecular formula is C11H22O5. The summed E-state index contributed by atoms with van der Waals surface area (Å²) in [7, 11) is 0. The second kappa shape index (κ2) is 9.42. The molecule has 0 aliphatic heterocycles. The normalized spacial score (nSPS) is 14.2. The lowest BCUT2D eigenvalue weighted by Crippen LogP contribution is -2.26. The molecule has 0 heterocycles. The van der Waals surface area contributed by atoms with Gasteiger partial charge in [0, 0.05) is 26.1 Å². The van der Waals surface area contributed by atoms with Gasteiger partial charge in [0.25, 0.3) is 0 Å². The summed E-state index contributed by atoms with van der Waals surface area (Å²) in [6.45, 7) is 8.41. The Labute approximate surface area is 97.0 Å². The Morgan fingerprint density at radius 3 is 1.50 bits per heavy atom. The van der Waals surface area contributed by atoms with Crippen molar-refractivity contribution in [2.45, 2.75) is 53.1 Å². The standard InChI is InChI=1S/C11H22O5/c1-5-9(13-7-3)15-11(12)16-10(6-2)14-8-4/h9-10H,5-8H2,1-4H3. The van der Waals surface area contributed by atoms with Crippen LogP contribution in [0.1, 0.15) is 40.5 Å². The van der Waals surface area contributed by atoms with Crippen LogP contribution in [0.2, 0.25) is 0 Å². The second-order valence-corrected chi connectivity index (χ2v) is 3.07. The van der Waals surface area contributed by atoms with Crippen LogP contribution in [0.15, 0.2) is 0 Å². The third-order valence-electron chi connectivity index (χ3n) is 1.83. The van der Waals surface area contributed by atoms with Gasteiger partial charge in [-0.3, -0.25) is 0 Å². The summed E-state index contributed by atoms with van der Waals surface area (Å²) in [6, 6.07) is 0. The molecule has 0 fully saturated rings. The van der Waals surface area contributed by atoms with Crippen LogP contribution in [-0.2, 0) is 18.9 Å². The summed E-state index contributed by atoms with van der Waals surface area (Å²) in [6.07, 6.45) is -0.656. The van der Waals surface area contributed by atoms with Crippen molar-refractivity contribution in [3.8, 4) is 0 Å². The van der Waals surface area contributed by atoms with Gasteiger partial charge in [-0.25, -0.2) is 4.79 Å². The molecule has 0 aromatic carbocycles. The van der Waals surface area contributed by atoms with Crippen LogP contribution in [0.4, 0.5) is 4.79 Å². The molecule has 2 unspecified atom stereocenters. The van der Waals surface area contributed by atoms with Crippen LogP contribution >= 0.6 is 0 Å². The van der Waals surface area contributed by atoms with E-state index in [1.54, 1.807) is 0 Å². The molecule has 0 bridgehead atoms. The number of hydrogen-bond acceptors (Lipinski definition) is 5. The molecule has 0 aliphatic rings. The van der Waals surface area contributed by atoms with Crippen molar-refractivity contribution in [3.05, 3.63) is 0 Å². The first-order chi connectivity index (χ1) is 7.67. The Morgan fingerprint density at radius 2 is 1.25 bits per heavy atom. The molecule has 0 aliphatic carbocycles. The number of ether oxygens (including phenoxy) is 4. The number of hydrogen-bond donors (Lipinski definition) is 0. The van der Waals surface area contributed by atoms with Crippen molar-refractivity contribution in [1.29, 1.82) is 0 Å². The van der Waals surface area contributed by atoms with Gasteiger partial charge in [0.15, 0.2) is 0 Å². The number of carbonyl (C=O) groups excluding carboxylic acids is 1. The van der Waals surface area contributed by atoms with Gasteiger partial charge >= 0.3 is 6.16 Å². The summed E-state index contributed by atoms with van der Waals surface area (Å²) in [5.41, 5.74) is 0. The zero-order valence-corrected chi connectivity index (χ0v) is 10.5. The minimum Gasteiger partial charge on any atom is -0.404 e. The predicted octanol–water partition coefficient (Wildman–Crippen LogP) is 2.68. The molecule has 5 heteroatoms. The van der Waals surface area contributed by atoms with E-state index in [1.165, 1.54) is 0 Å². The van der Waals surface area contributed by atoms with E-state index in [0.717, 1.165) is 0 Å². The number of rotatable bonds is 8. The van der Waals surface area contributed by atoms with E-state index in [0.29, 0.717) is 26.1 Å². The van der Waals surface area contributed by atoms with Crippen LogP contribution in [0.5, 0.6) is 0 Å². The van der Waals surface area contributed by atoms with Gasteiger partial charge in [-0.1, -0.05) is 13.8 Å². The lowest BCUT2D eigenvalue weighted by Gasteiger charge is -2.19. The van der Waals surface area contributed by atoms with E-state index in [2.05, 4.69) is 0 Å². The van der Waals surface area contributed by atoms with Crippen LogP contribution in [-0.4, -0.2) is 31.9 Å². The van der Waals surface area contributed by atoms with Gasteiger partial charge in [-0.05, 0) is 13.8 Å². The fraction of sp³-hybridized carbons (Fsp3) is 0.909. The van der Waals surface area contributed by atoms with Crippen LogP contribution in [0.25, 0.3) is 0 Å². The average molecular weight is 234 g/mol. The molecule has 0 spiro atoms. The Bertz CT molecular complexity index is 165. The highest BCUT2D eigenvalue weighted by Crippen LogP contribution is 2.06. The summed E-state index contributed by atoms with van der Waals surface area (Å²) in [5.74, 6) is 0. The molecule has 0 aromatic heterocycles. The highest BCUT2D eigenvalue weighted by molar-refractivity contribution is 5.60. The van der Waals surface area contributed by atoms with E-state index >= 15 is 0 Å². The Kier molecular flexibility index (Phi) is 8.94. The molecular weight excluding hydrogens is 212 g/mol. The van der Waals surface area contributed by atoms with Crippen LogP contribution in [0, 0.1) is 0 Å². The largest absolute Gasteiger partial charge is 0.512 e. The molecule has 0 amide bonds. The van der Waals surface area contributed by atoms with E-state index in [4.69, 9.17) is 18.9 Å². The minimum atomic E-state index is -0.749. The predicted molar refractivity (Wildman–Crippen MR) is 59.0 cm³/mol. The summed E-state index contributed by atoms with van der Waals surface area (Å²) in [4.78, 5) is 11.3. The van der Waals surface area contributed by atoms with Crippen molar-refractivity contribution in [2.24, 2.45) is 0 Å². The second-order valence-electron chi connectivity index (χ2n) is 3.07. The fourth-order valence-electron chi connectivity index (χ4n) is 1.08. The van der Waals surface area contributed by atoms with Crippen molar-refractivity contribution < 1.29 is 23.7 Å².